The highest BCUT2D eigenvalue weighted by atomic mass is 79.9. The topological polar surface area (TPSA) is 67.5 Å². The number of nitrogens with two attached hydrogens (primary N) is 1. The Bertz CT molecular complexity index is 648. The molecule has 0 saturated heterocycles. The molecule has 0 spiro atoms. The number of rotatable bonds is 4. The van der Waals surface area contributed by atoms with Crippen molar-refractivity contribution in [2.45, 2.75) is 13.3 Å². The van der Waals surface area contributed by atoms with Gasteiger partial charge in [-0.05, 0) is 48.4 Å². The standard InChI is InChI=1S/C16H16BrN3O/c1-2-15(11-3-7-13(17)8-4-11)19-20-16(21)12-5-9-14(18)10-6-12/h3-10H,2,18H2,1H3,(H,20,21)/b19-15-. The number of halogens is 1. The zero-order valence-corrected chi connectivity index (χ0v) is 13.2. The molecule has 21 heavy (non-hydrogen) atoms. The Morgan fingerprint density at radius 2 is 1.67 bits per heavy atom. The van der Waals surface area contributed by atoms with Crippen molar-refractivity contribution in [3.63, 3.8) is 0 Å². The molecule has 1 amide bonds. The first-order valence-electron chi connectivity index (χ1n) is 6.58. The summed E-state index contributed by atoms with van der Waals surface area (Å²) < 4.78 is 1.01. The van der Waals surface area contributed by atoms with Gasteiger partial charge in [0.2, 0.25) is 0 Å². The number of hydrazone groups is 1. The van der Waals surface area contributed by atoms with Crippen LogP contribution < -0.4 is 11.2 Å². The van der Waals surface area contributed by atoms with Gasteiger partial charge in [-0.2, -0.15) is 5.10 Å². The second-order valence-corrected chi connectivity index (χ2v) is 5.40. The van der Waals surface area contributed by atoms with Gasteiger partial charge in [0.15, 0.2) is 0 Å². The lowest BCUT2D eigenvalue weighted by Gasteiger charge is -2.06. The minimum atomic E-state index is -0.252. The van der Waals surface area contributed by atoms with Crippen LogP contribution in [0.4, 0.5) is 5.69 Å². The molecule has 2 rings (SSSR count). The summed E-state index contributed by atoms with van der Waals surface area (Å²) in [5.74, 6) is -0.252. The average Bonchev–Trinajstić information content (AvgIpc) is 2.50. The molecule has 2 aromatic rings. The van der Waals surface area contributed by atoms with Gasteiger partial charge in [0.1, 0.15) is 0 Å². The van der Waals surface area contributed by atoms with Crippen LogP contribution in [0.25, 0.3) is 0 Å². The lowest BCUT2D eigenvalue weighted by molar-refractivity contribution is 0.0955. The molecule has 0 unspecified atom stereocenters. The van der Waals surface area contributed by atoms with E-state index in [1.54, 1.807) is 24.3 Å². The lowest BCUT2D eigenvalue weighted by Crippen LogP contribution is -2.20. The Hall–Kier alpha value is -2.14. The van der Waals surface area contributed by atoms with Crippen LogP contribution in [0.2, 0.25) is 0 Å². The van der Waals surface area contributed by atoms with Crippen LogP contribution in [0.1, 0.15) is 29.3 Å². The SMILES string of the molecule is CC/C(=N/NC(=O)c1ccc(N)cc1)c1ccc(Br)cc1. The zero-order valence-electron chi connectivity index (χ0n) is 11.6. The number of nitrogens with zero attached hydrogens (tertiary/aromatic N) is 1. The first-order valence-corrected chi connectivity index (χ1v) is 7.38. The van der Waals surface area contributed by atoms with Gasteiger partial charge in [-0.1, -0.05) is 35.0 Å². The summed E-state index contributed by atoms with van der Waals surface area (Å²) in [7, 11) is 0. The van der Waals surface area contributed by atoms with Crippen molar-refractivity contribution in [3.8, 4) is 0 Å². The highest BCUT2D eigenvalue weighted by Gasteiger charge is 2.06. The van der Waals surface area contributed by atoms with Gasteiger partial charge in [-0.15, -0.1) is 0 Å². The number of anilines is 1. The van der Waals surface area contributed by atoms with Crippen LogP contribution in [0, 0.1) is 0 Å². The molecule has 0 heterocycles. The first-order chi connectivity index (χ1) is 10.1. The molecule has 0 aliphatic rings. The first kappa shape index (κ1) is 15.3. The summed E-state index contributed by atoms with van der Waals surface area (Å²) in [6.07, 6.45) is 0.726. The maximum absolute atomic E-state index is 12.0. The Balaban J connectivity index is 2.12. The van der Waals surface area contributed by atoms with E-state index < -0.39 is 0 Å². The van der Waals surface area contributed by atoms with Gasteiger partial charge in [-0.25, -0.2) is 5.43 Å². The molecule has 0 bridgehead atoms. The van der Waals surface area contributed by atoms with Gasteiger partial charge in [0.05, 0.1) is 5.71 Å². The number of benzene rings is 2. The number of hydrogen-bond acceptors (Lipinski definition) is 3. The van der Waals surface area contributed by atoms with Crippen molar-refractivity contribution in [1.82, 2.24) is 5.43 Å². The van der Waals surface area contributed by atoms with Gasteiger partial charge >= 0.3 is 0 Å². The monoisotopic (exact) mass is 345 g/mol. The van der Waals surface area contributed by atoms with E-state index in [1.165, 1.54) is 0 Å². The third-order valence-corrected chi connectivity index (χ3v) is 3.51. The predicted octanol–water partition coefficient (Wildman–Crippen LogP) is 3.58. The van der Waals surface area contributed by atoms with E-state index in [9.17, 15) is 4.79 Å². The molecule has 0 aromatic heterocycles. The molecule has 0 fully saturated rings. The molecule has 4 nitrogen and oxygen atoms in total. The number of carbonyl (C=O) groups excluding carboxylic acids is 1. The number of nitrogens with one attached hydrogen (secondary N) is 1. The number of carbonyl (C=O) groups is 1. The van der Waals surface area contributed by atoms with E-state index in [4.69, 9.17) is 5.73 Å². The van der Waals surface area contributed by atoms with E-state index in [0.717, 1.165) is 22.2 Å². The Morgan fingerprint density at radius 3 is 2.24 bits per heavy atom. The maximum Gasteiger partial charge on any atom is 0.271 e. The van der Waals surface area contributed by atoms with Crippen LogP contribution in [0.3, 0.4) is 0 Å². The lowest BCUT2D eigenvalue weighted by atomic mass is 10.1. The average molecular weight is 346 g/mol. The molecule has 2 aromatic carbocycles. The van der Waals surface area contributed by atoms with Crippen LogP contribution in [0.15, 0.2) is 58.1 Å². The zero-order chi connectivity index (χ0) is 15.2. The summed E-state index contributed by atoms with van der Waals surface area (Å²) in [6.45, 7) is 2.00. The molecular weight excluding hydrogens is 330 g/mol. The molecule has 0 saturated carbocycles. The number of nitrogen functional groups attached to an aromatic ring is 1. The normalized spacial score (nSPS) is 11.2. The fourth-order valence-corrected chi connectivity index (χ4v) is 2.07. The van der Waals surface area contributed by atoms with Crippen LogP contribution in [0.5, 0.6) is 0 Å². The molecule has 0 aliphatic heterocycles. The van der Waals surface area contributed by atoms with Crippen molar-refractivity contribution in [1.29, 1.82) is 0 Å². The highest BCUT2D eigenvalue weighted by Crippen LogP contribution is 2.12. The predicted molar refractivity (Wildman–Crippen MR) is 89.3 cm³/mol. The van der Waals surface area contributed by atoms with Crippen LogP contribution >= 0.6 is 15.9 Å². The summed E-state index contributed by atoms with van der Waals surface area (Å²) in [4.78, 5) is 12.0. The molecule has 5 heteroatoms. The van der Waals surface area contributed by atoms with Crippen molar-refractivity contribution in [2.75, 3.05) is 5.73 Å². The summed E-state index contributed by atoms with van der Waals surface area (Å²) in [6, 6.07) is 14.5. The van der Waals surface area contributed by atoms with E-state index in [2.05, 4.69) is 26.5 Å². The smallest absolute Gasteiger partial charge is 0.271 e. The van der Waals surface area contributed by atoms with Gasteiger partial charge in [0, 0.05) is 15.7 Å². The molecule has 0 radical (unpaired) electrons. The van der Waals surface area contributed by atoms with Crippen LogP contribution in [-0.2, 0) is 0 Å². The maximum atomic E-state index is 12.0. The van der Waals surface area contributed by atoms with Crippen molar-refractivity contribution < 1.29 is 4.79 Å². The number of hydrogen-bond donors (Lipinski definition) is 2. The van der Waals surface area contributed by atoms with Gasteiger partial charge in [-0.3, -0.25) is 4.79 Å². The fourth-order valence-electron chi connectivity index (χ4n) is 1.81. The molecule has 3 N–H and O–H groups in total. The van der Waals surface area contributed by atoms with Crippen molar-refractivity contribution >= 4 is 33.2 Å². The minimum Gasteiger partial charge on any atom is -0.399 e. The quantitative estimate of drug-likeness (QED) is 0.505. The third-order valence-electron chi connectivity index (χ3n) is 2.98. The van der Waals surface area contributed by atoms with E-state index in [-0.39, 0.29) is 5.91 Å². The highest BCUT2D eigenvalue weighted by molar-refractivity contribution is 9.10. The van der Waals surface area contributed by atoms with Gasteiger partial charge < -0.3 is 5.73 Å². The summed E-state index contributed by atoms with van der Waals surface area (Å²) >= 11 is 3.40. The Labute approximate surface area is 132 Å². The summed E-state index contributed by atoms with van der Waals surface area (Å²) in [5.41, 5.74) is 11.1. The second kappa shape index (κ2) is 7.04. The molecule has 0 atom stereocenters. The van der Waals surface area contributed by atoms with Gasteiger partial charge in [0.25, 0.3) is 5.91 Å². The van der Waals surface area contributed by atoms with E-state index >= 15 is 0 Å². The number of amides is 1. The molecular formula is C16H16BrN3O. The second-order valence-electron chi connectivity index (χ2n) is 4.48. The summed E-state index contributed by atoms with van der Waals surface area (Å²) in [5, 5.41) is 4.21. The fraction of sp³-hybridized carbons (Fsp3) is 0.125. The Morgan fingerprint density at radius 1 is 1.10 bits per heavy atom. The third kappa shape index (κ3) is 4.16. The molecule has 0 aliphatic carbocycles. The minimum absolute atomic E-state index is 0.252. The molecule has 108 valence electrons. The van der Waals surface area contributed by atoms with E-state index in [0.29, 0.717) is 11.3 Å². The van der Waals surface area contributed by atoms with E-state index in [1.807, 2.05) is 31.2 Å². The largest absolute Gasteiger partial charge is 0.399 e. The van der Waals surface area contributed by atoms with Crippen molar-refractivity contribution in [2.24, 2.45) is 5.10 Å². The van der Waals surface area contributed by atoms with Crippen LogP contribution in [-0.4, -0.2) is 11.6 Å². The van der Waals surface area contributed by atoms with Crippen molar-refractivity contribution in [3.05, 3.63) is 64.1 Å². The Kier molecular flexibility index (Phi) is 5.11.